The Morgan fingerprint density at radius 1 is 1.03 bits per heavy atom. The third kappa shape index (κ3) is 5.06. The van der Waals surface area contributed by atoms with Crippen molar-refractivity contribution in [3.8, 4) is 5.75 Å². The van der Waals surface area contributed by atoms with Crippen LogP contribution in [0.15, 0.2) is 75.9 Å². The number of amides is 1. The highest BCUT2D eigenvalue weighted by molar-refractivity contribution is 6.31. The first-order valence-corrected chi connectivity index (χ1v) is 13.3. The molecule has 1 unspecified atom stereocenters. The summed E-state index contributed by atoms with van der Waals surface area (Å²) in [5.74, 6) is 0.503. The molecule has 7 heteroatoms. The molecule has 0 bridgehead atoms. The lowest BCUT2D eigenvalue weighted by atomic mass is 9.97. The molecule has 0 radical (unpaired) electrons. The van der Waals surface area contributed by atoms with Crippen molar-refractivity contribution in [3.63, 3.8) is 0 Å². The van der Waals surface area contributed by atoms with Gasteiger partial charge in [0.25, 0.3) is 5.91 Å². The third-order valence-electron chi connectivity index (χ3n) is 6.97. The maximum atomic E-state index is 13.9. The van der Waals surface area contributed by atoms with Crippen molar-refractivity contribution in [1.82, 2.24) is 9.80 Å². The van der Waals surface area contributed by atoms with Crippen molar-refractivity contribution in [2.24, 2.45) is 0 Å². The number of fused-ring (bicyclic) bond motifs is 2. The van der Waals surface area contributed by atoms with Crippen LogP contribution in [-0.4, -0.2) is 42.9 Å². The number of benzene rings is 3. The van der Waals surface area contributed by atoms with Gasteiger partial charge in [-0.3, -0.25) is 9.59 Å². The topological polar surface area (TPSA) is 63.0 Å². The first-order valence-electron chi connectivity index (χ1n) is 12.9. The van der Waals surface area contributed by atoms with Crippen LogP contribution in [0.2, 0.25) is 5.02 Å². The van der Waals surface area contributed by atoms with E-state index in [1.165, 1.54) is 0 Å². The number of hydrogen-bond donors (Lipinski definition) is 0. The smallest absolute Gasteiger partial charge is 0.290 e. The van der Waals surface area contributed by atoms with Gasteiger partial charge in [0.05, 0.1) is 17.0 Å². The van der Waals surface area contributed by atoms with Gasteiger partial charge in [-0.25, -0.2) is 0 Å². The highest BCUT2D eigenvalue weighted by Gasteiger charge is 2.42. The fourth-order valence-corrected chi connectivity index (χ4v) is 5.16. The van der Waals surface area contributed by atoms with E-state index in [0.29, 0.717) is 40.5 Å². The maximum Gasteiger partial charge on any atom is 0.290 e. The van der Waals surface area contributed by atoms with Crippen LogP contribution in [0.1, 0.15) is 52.2 Å². The fraction of sp³-hybridized carbons (Fsp3) is 0.290. The van der Waals surface area contributed by atoms with E-state index in [1.807, 2.05) is 81.7 Å². The number of hydrogen-bond acceptors (Lipinski definition) is 5. The largest absolute Gasteiger partial charge is 0.489 e. The highest BCUT2D eigenvalue weighted by Crippen LogP contribution is 2.39. The Balaban J connectivity index is 1.56. The molecule has 2 heterocycles. The van der Waals surface area contributed by atoms with E-state index in [2.05, 4.69) is 4.90 Å². The van der Waals surface area contributed by atoms with Crippen LogP contribution in [0.4, 0.5) is 0 Å². The van der Waals surface area contributed by atoms with Gasteiger partial charge in [0.15, 0.2) is 5.43 Å². The minimum Gasteiger partial charge on any atom is -0.489 e. The van der Waals surface area contributed by atoms with Gasteiger partial charge in [-0.1, -0.05) is 54.9 Å². The minimum atomic E-state index is -0.561. The van der Waals surface area contributed by atoms with Crippen LogP contribution in [0.3, 0.4) is 0 Å². The second-order valence-electron chi connectivity index (χ2n) is 9.87. The molecule has 1 aliphatic rings. The first-order chi connectivity index (χ1) is 18.4. The Morgan fingerprint density at radius 2 is 1.84 bits per heavy atom. The molecule has 0 N–H and O–H groups in total. The normalized spacial score (nSPS) is 14.9. The minimum absolute atomic E-state index is 0.129. The average Bonchev–Trinajstić information content (AvgIpc) is 3.19. The van der Waals surface area contributed by atoms with Crippen molar-refractivity contribution in [1.29, 1.82) is 0 Å². The van der Waals surface area contributed by atoms with E-state index in [-0.39, 0.29) is 17.1 Å². The third-order valence-corrected chi connectivity index (χ3v) is 7.34. The summed E-state index contributed by atoms with van der Waals surface area (Å²) < 4.78 is 12.2. The Bertz CT molecular complexity index is 1540. The molecular weight excluding hydrogens is 500 g/mol. The van der Waals surface area contributed by atoms with E-state index in [1.54, 1.807) is 11.0 Å². The van der Waals surface area contributed by atoms with Crippen molar-refractivity contribution in [3.05, 3.63) is 110 Å². The van der Waals surface area contributed by atoms with Gasteiger partial charge in [0.1, 0.15) is 17.9 Å². The number of halogens is 1. The second-order valence-corrected chi connectivity index (χ2v) is 10.3. The molecule has 0 spiro atoms. The zero-order valence-corrected chi connectivity index (χ0v) is 22.6. The predicted molar refractivity (Wildman–Crippen MR) is 150 cm³/mol. The molecule has 0 fully saturated rings. The molecule has 0 saturated carbocycles. The number of aryl methyl sites for hydroxylation is 1. The van der Waals surface area contributed by atoms with Crippen LogP contribution in [0.5, 0.6) is 5.75 Å². The van der Waals surface area contributed by atoms with Gasteiger partial charge in [-0.2, -0.15) is 0 Å². The van der Waals surface area contributed by atoms with Crippen LogP contribution < -0.4 is 10.2 Å². The molecule has 1 aliphatic heterocycles. The highest BCUT2D eigenvalue weighted by atomic mass is 35.5. The summed E-state index contributed by atoms with van der Waals surface area (Å²) in [7, 11) is 4.00. The molecular formula is C31H31ClN2O4. The van der Waals surface area contributed by atoms with Gasteiger partial charge < -0.3 is 19.0 Å². The molecule has 0 aliphatic carbocycles. The van der Waals surface area contributed by atoms with Crippen molar-refractivity contribution < 1.29 is 13.9 Å². The standard InChI is InChI=1S/C31H31ClN2O4/c1-4-20-13-14-26-24(17-20)29(35)27-28(34(16-8-15-33(2)3)31(36)30(27)38-26)21-10-7-11-23(18-21)37-19-22-9-5-6-12-25(22)32/h5-7,9-14,17-18,28H,4,8,15-16,19H2,1-3H3. The zero-order valence-electron chi connectivity index (χ0n) is 21.9. The SMILES string of the molecule is CCc1ccc2oc3c(c(=O)c2c1)C(c1cccc(OCc2ccccc2Cl)c1)N(CCCN(C)C)C3=O. The van der Waals surface area contributed by atoms with Crippen LogP contribution in [0.25, 0.3) is 11.0 Å². The summed E-state index contributed by atoms with van der Waals surface area (Å²) in [6, 6.07) is 20.2. The lowest BCUT2D eigenvalue weighted by Gasteiger charge is -2.26. The summed E-state index contributed by atoms with van der Waals surface area (Å²) in [6.07, 6.45) is 1.57. The number of nitrogens with zero attached hydrogens (tertiary/aromatic N) is 2. The maximum absolute atomic E-state index is 13.9. The summed E-state index contributed by atoms with van der Waals surface area (Å²) in [6.45, 7) is 3.66. The Hall–Kier alpha value is -3.61. The summed E-state index contributed by atoms with van der Waals surface area (Å²) >= 11 is 6.30. The Morgan fingerprint density at radius 3 is 2.61 bits per heavy atom. The monoisotopic (exact) mass is 530 g/mol. The van der Waals surface area contributed by atoms with E-state index in [0.717, 1.165) is 36.1 Å². The fourth-order valence-electron chi connectivity index (χ4n) is 4.97. The van der Waals surface area contributed by atoms with E-state index in [4.69, 9.17) is 20.8 Å². The van der Waals surface area contributed by atoms with Gasteiger partial charge in [-0.05, 0) is 74.9 Å². The molecule has 1 atom stereocenters. The summed E-state index contributed by atoms with van der Waals surface area (Å²) in [5, 5.41) is 1.14. The quantitative estimate of drug-likeness (QED) is 0.262. The molecule has 5 rings (SSSR count). The molecule has 0 saturated heterocycles. The lowest BCUT2D eigenvalue weighted by Crippen LogP contribution is -2.32. The Kier molecular flexibility index (Phi) is 7.54. The van der Waals surface area contributed by atoms with Crippen LogP contribution in [0, 0.1) is 0 Å². The number of carbonyl (C=O) groups excluding carboxylic acids is 1. The van der Waals surface area contributed by atoms with E-state index >= 15 is 0 Å². The summed E-state index contributed by atoms with van der Waals surface area (Å²) in [4.78, 5) is 31.4. The van der Waals surface area contributed by atoms with Gasteiger partial charge in [-0.15, -0.1) is 0 Å². The predicted octanol–water partition coefficient (Wildman–Crippen LogP) is 6.08. The van der Waals surface area contributed by atoms with Crippen molar-refractivity contribution >= 4 is 28.5 Å². The van der Waals surface area contributed by atoms with E-state index < -0.39 is 6.04 Å². The molecule has 4 aromatic rings. The number of ether oxygens (including phenoxy) is 1. The van der Waals surface area contributed by atoms with Crippen molar-refractivity contribution in [2.75, 3.05) is 27.2 Å². The molecule has 38 heavy (non-hydrogen) atoms. The lowest BCUT2D eigenvalue weighted by molar-refractivity contribution is 0.0722. The number of carbonyl (C=O) groups is 1. The average molecular weight is 531 g/mol. The molecule has 6 nitrogen and oxygen atoms in total. The van der Waals surface area contributed by atoms with Gasteiger partial charge >= 0.3 is 0 Å². The second kappa shape index (κ2) is 11.0. The van der Waals surface area contributed by atoms with Gasteiger partial charge in [0, 0.05) is 17.1 Å². The molecule has 1 aromatic heterocycles. The van der Waals surface area contributed by atoms with Crippen LogP contribution in [-0.2, 0) is 13.0 Å². The summed E-state index contributed by atoms with van der Waals surface area (Å²) in [5.41, 5.74) is 3.40. The first kappa shape index (κ1) is 26.0. The number of rotatable bonds is 9. The molecule has 3 aromatic carbocycles. The molecule has 196 valence electrons. The van der Waals surface area contributed by atoms with Crippen molar-refractivity contribution in [2.45, 2.75) is 32.4 Å². The van der Waals surface area contributed by atoms with Crippen LogP contribution >= 0.6 is 11.6 Å². The molecule has 1 amide bonds. The van der Waals surface area contributed by atoms with Gasteiger partial charge in [0.2, 0.25) is 5.76 Å². The van der Waals surface area contributed by atoms with E-state index in [9.17, 15) is 9.59 Å². The Labute approximate surface area is 227 Å². The zero-order chi connectivity index (χ0) is 26.8.